The molecule has 0 spiro atoms. The van der Waals surface area contributed by atoms with E-state index in [9.17, 15) is 0 Å². The number of nitrogens with one attached hydrogen (secondary N) is 1. The van der Waals surface area contributed by atoms with E-state index in [4.69, 9.17) is 21.4 Å². The van der Waals surface area contributed by atoms with Crippen LogP contribution in [0.1, 0.15) is 36.2 Å². The second-order valence-corrected chi connectivity index (χ2v) is 9.66. The predicted octanol–water partition coefficient (Wildman–Crippen LogP) is 6.16. The third kappa shape index (κ3) is 3.94. The van der Waals surface area contributed by atoms with E-state index in [1.54, 1.807) is 19.4 Å². The first-order valence-corrected chi connectivity index (χ1v) is 13.1. The fraction of sp³-hybridized carbons (Fsp3) is 0.276. The molecule has 3 aromatic heterocycles. The number of H-pyrrole nitrogens is 1. The molecular weight excluding hydrogens is 484 g/mol. The van der Waals surface area contributed by atoms with E-state index in [1.807, 2.05) is 12.3 Å². The number of hydrogen-bond donors (Lipinski definition) is 1. The summed E-state index contributed by atoms with van der Waals surface area (Å²) in [5, 5.41) is 7.06. The number of halogens is 1. The summed E-state index contributed by atoms with van der Waals surface area (Å²) in [7, 11) is 1.63. The predicted molar refractivity (Wildman–Crippen MR) is 148 cm³/mol. The number of ether oxygens (including phenoxy) is 1. The largest absolute Gasteiger partial charge is 0.481 e. The van der Waals surface area contributed by atoms with E-state index in [-0.39, 0.29) is 0 Å². The molecule has 0 saturated carbocycles. The van der Waals surface area contributed by atoms with Crippen LogP contribution in [0.25, 0.3) is 27.8 Å². The average Bonchev–Trinajstić information content (AvgIpc) is 3.58. The molecule has 0 amide bonds. The minimum Gasteiger partial charge on any atom is -0.481 e. The zero-order valence-corrected chi connectivity index (χ0v) is 22.0. The normalized spacial score (nSPS) is 13.2. The monoisotopic (exact) mass is 512 g/mol. The molecule has 8 heteroatoms. The van der Waals surface area contributed by atoms with Gasteiger partial charge in [0.15, 0.2) is 0 Å². The number of aromatic amines is 1. The fourth-order valence-corrected chi connectivity index (χ4v) is 5.62. The van der Waals surface area contributed by atoms with Crippen molar-refractivity contribution in [1.29, 1.82) is 0 Å². The van der Waals surface area contributed by atoms with Gasteiger partial charge in [0.05, 0.1) is 34.7 Å². The number of aryl methyl sites for hydroxylation is 2. The van der Waals surface area contributed by atoms with Gasteiger partial charge in [-0.2, -0.15) is 10.1 Å². The SMILES string of the molecule is CCc1cccc(CC)c1-n1nc2c(c1-c1ccc(Cl)c3[nH]ccc13)CN(c1nccc(OC)n1)CC2. The van der Waals surface area contributed by atoms with Gasteiger partial charge < -0.3 is 14.6 Å². The Labute approximate surface area is 221 Å². The molecule has 0 unspecified atom stereocenters. The first-order valence-electron chi connectivity index (χ1n) is 12.7. The van der Waals surface area contributed by atoms with E-state index in [2.05, 4.69) is 68.7 Å². The summed E-state index contributed by atoms with van der Waals surface area (Å²) in [5.74, 6) is 1.22. The maximum Gasteiger partial charge on any atom is 0.228 e. The minimum absolute atomic E-state index is 0.558. The van der Waals surface area contributed by atoms with Gasteiger partial charge in [-0.05, 0) is 36.1 Å². The van der Waals surface area contributed by atoms with Crippen LogP contribution in [-0.4, -0.2) is 38.4 Å². The molecule has 6 rings (SSSR count). The summed E-state index contributed by atoms with van der Waals surface area (Å²) < 4.78 is 7.55. The van der Waals surface area contributed by atoms with Gasteiger partial charge in [0, 0.05) is 54.5 Å². The molecule has 2 aromatic carbocycles. The Bertz CT molecular complexity index is 1580. The van der Waals surface area contributed by atoms with Crippen molar-refractivity contribution in [3.8, 4) is 22.8 Å². The number of anilines is 1. The van der Waals surface area contributed by atoms with E-state index in [1.165, 1.54) is 22.4 Å². The topological polar surface area (TPSA) is 71.9 Å². The highest BCUT2D eigenvalue weighted by Crippen LogP contribution is 2.40. The highest BCUT2D eigenvalue weighted by atomic mass is 35.5. The molecule has 0 saturated heterocycles. The number of aromatic nitrogens is 5. The van der Waals surface area contributed by atoms with Crippen molar-refractivity contribution in [2.75, 3.05) is 18.6 Å². The van der Waals surface area contributed by atoms with E-state index >= 15 is 0 Å². The van der Waals surface area contributed by atoms with Crippen molar-refractivity contribution in [3.05, 3.63) is 82.3 Å². The van der Waals surface area contributed by atoms with Crippen molar-refractivity contribution >= 4 is 28.5 Å². The maximum atomic E-state index is 6.57. The number of hydrogen-bond acceptors (Lipinski definition) is 5. The Morgan fingerprint density at radius 2 is 1.86 bits per heavy atom. The number of benzene rings is 2. The molecule has 4 heterocycles. The Morgan fingerprint density at radius 1 is 1.05 bits per heavy atom. The molecule has 0 aliphatic carbocycles. The number of rotatable bonds is 6. The molecule has 0 radical (unpaired) electrons. The van der Waals surface area contributed by atoms with Crippen LogP contribution in [0.3, 0.4) is 0 Å². The first-order chi connectivity index (χ1) is 18.1. The molecule has 188 valence electrons. The van der Waals surface area contributed by atoms with Crippen molar-refractivity contribution in [2.45, 2.75) is 39.7 Å². The Morgan fingerprint density at radius 3 is 2.62 bits per heavy atom. The summed E-state index contributed by atoms with van der Waals surface area (Å²) in [6, 6.07) is 14.5. The van der Waals surface area contributed by atoms with Crippen molar-refractivity contribution < 1.29 is 4.74 Å². The zero-order valence-electron chi connectivity index (χ0n) is 21.3. The Balaban J connectivity index is 1.60. The third-order valence-electron chi connectivity index (χ3n) is 7.25. The van der Waals surface area contributed by atoms with Gasteiger partial charge in [-0.3, -0.25) is 0 Å². The molecule has 1 aliphatic rings. The van der Waals surface area contributed by atoms with Gasteiger partial charge in [-0.25, -0.2) is 9.67 Å². The summed E-state index contributed by atoms with van der Waals surface area (Å²) in [6.45, 7) is 5.85. The number of para-hydroxylation sites is 1. The van der Waals surface area contributed by atoms with Crippen LogP contribution in [-0.2, 0) is 25.8 Å². The van der Waals surface area contributed by atoms with Crippen LogP contribution >= 0.6 is 11.6 Å². The summed E-state index contributed by atoms with van der Waals surface area (Å²) in [5.41, 5.74) is 9.19. The molecule has 7 nitrogen and oxygen atoms in total. The van der Waals surface area contributed by atoms with Crippen molar-refractivity contribution in [1.82, 2.24) is 24.7 Å². The number of nitrogens with zero attached hydrogens (tertiary/aromatic N) is 5. The standard InChI is InChI=1S/C29H29ClN6O/c1-4-18-7-6-8-19(5-2)27(18)36-28(21-9-10-23(30)26-20(21)11-14-31-26)22-17-35(16-13-24(22)34-36)29-32-15-12-25(33-29)37-3/h6-12,14-15,31H,4-5,13,16-17H2,1-3H3. The van der Waals surface area contributed by atoms with Crippen LogP contribution < -0.4 is 9.64 Å². The molecule has 1 N–H and O–H groups in total. The molecule has 0 fully saturated rings. The summed E-state index contributed by atoms with van der Waals surface area (Å²) in [4.78, 5) is 14.7. The molecule has 0 bridgehead atoms. The highest BCUT2D eigenvalue weighted by Gasteiger charge is 2.29. The number of methoxy groups -OCH3 is 1. The van der Waals surface area contributed by atoms with Crippen LogP contribution in [0.15, 0.2) is 54.9 Å². The van der Waals surface area contributed by atoms with E-state index in [0.717, 1.165) is 53.7 Å². The second-order valence-electron chi connectivity index (χ2n) is 9.25. The maximum absolute atomic E-state index is 6.57. The minimum atomic E-state index is 0.558. The lowest BCUT2D eigenvalue weighted by atomic mass is 9.97. The fourth-order valence-electron chi connectivity index (χ4n) is 5.40. The van der Waals surface area contributed by atoms with Crippen molar-refractivity contribution in [3.63, 3.8) is 0 Å². The van der Waals surface area contributed by atoms with Gasteiger partial charge in [-0.15, -0.1) is 0 Å². The lowest BCUT2D eigenvalue weighted by Gasteiger charge is -2.27. The van der Waals surface area contributed by atoms with Crippen LogP contribution in [0, 0.1) is 0 Å². The first kappa shape index (κ1) is 23.6. The van der Waals surface area contributed by atoms with Crippen LogP contribution in [0.4, 0.5) is 5.95 Å². The second kappa shape index (κ2) is 9.56. The van der Waals surface area contributed by atoms with Gasteiger partial charge in [-0.1, -0.05) is 49.7 Å². The van der Waals surface area contributed by atoms with Gasteiger partial charge in [0.1, 0.15) is 0 Å². The van der Waals surface area contributed by atoms with Crippen LogP contribution in [0.5, 0.6) is 5.88 Å². The number of fused-ring (bicyclic) bond motifs is 2. The summed E-state index contributed by atoms with van der Waals surface area (Å²) in [6.07, 6.45) is 6.35. The lowest BCUT2D eigenvalue weighted by Crippen LogP contribution is -2.31. The lowest BCUT2D eigenvalue weighted by molar-refractivity contribution is 0.396. The summed E-state index contributed by atoms with van der Waals surface area (Å²) >= 11 is 6.57. The quantitative estimate of drug-likeness (QED) is 0.295. The van der Waals surface area contributed by atoms with Gasteiger partial charge >= 0.3 is 0 Å². The highest BCUT2D eigenvalue weighted by molar-refractivity contribution is 6.35. The van der Waals surface area contributed by atoms with Gasteiger partial charge in [0.2, 0.25) is 11.8 Å². The molecular formula is C29H29ClN6O. The Kier molecular flexibility index (Phi) is 6.08. The zero-order chi connectivity index (χ0) is 25.5. The molecule has 1 aliphatic heterocycles. The Hall–Kier alpha value is -3.84. The van der Waals surface area contributed by atoms with Crippen LogP contribution in [0.2, 0.25) is 5.02 Å². The molecule has 0 atom stereocenters. The molecule has 5 aromatic rings. The van der Waals surface area contributed by atoms with E-state index in [0.29, 0.717) is 23.4 Å². The van der Waals surface area contributed by atoms with Gasteiger partial charge in [0.25, 0.3) is 0 Å². The van der Waals surface area contributed by atoms with Crippen molar-refractivity contribution in [2.24, 2.45) is 0 Å². The third-order valence-corrected chi connectivity index (χ3v) is 7.56. The smallest absolute Gasteiger partial charge is 0.228 e. The molecule has 37 heavy (non-hydrogen) atoms. The van der Waals surface area contributed by atoms with E-state index < -0.39 is 0 Å². The average molecular weight is 513 g/mol.